The van der Waals surface area contributed by atoms with Crippen LogP contribution in [0.5, 0.6) is 0 Å². The molecule has 0 spiro atoms. The Hall–Kier alpha value is -2.65. The molecule has 0 aromatic heterocycles. The first-order valence-electron chi connectivity index (χ1n) is 9.41. The van der Waals surface area contributed by atoms with E-state index in [0.717, 1.165) is 4.90 Å². The van der Waals surface area contributed by atoms with Crippen molar-refractivity contribution in [2.24, 2.45) is 15.9 Å². The fraction of sp³-hybridized carbons (Fsp3) is 0.350. The fourth-order valence-electron chi connectivity index (χ4n) is 3.83. The number of amides is 1. The molecule has 3 aliphatic rings. The zero-order valence-corrected chi connectivity index (χ0v) is 16.6. The smallest absolute Gasteiger partial charge is 0.410 e. The van der Waals surface area contributed by atoms with E-state index >= 15 is 0 Å². The van der Waals surface area contributed by atoms with E-state index in [2.05, 4.69) is 9.98 Å². The van der Waals surface area contributed by atoms with Crippen LogP contribution in [-0.4, -0.2) is 46.3 Å². The van der Waals surface area contributed by atoms with E-state index in [1.165, 1.54) is 12.5 Å². The van der Waals surface area contributed by atoms with Crippen molar-refractivity contribution in [3.8, 4) is 0 Å². The third-order valence-electron chi connectivity index (χ3n) is 5.35. The second-order valence-corrected chi connectivity index (χ2v) is 7.86. The van der Waals surface area contributed by atoms with Gasteiger partial charge >= 0.3 is 12.3 Å². The maximum absolute atomic E-state index is 13.6. The van der Waals surface area contributed by atoms with E-state index in [1.807, 2.05) is 0 Å². The molecular weight excluding hydrogens is 421 g/mol. The van der Waals surface area contributed by atoms with Gasteiger partial charge in [-0.15, -0.1) is 4.00 Å². The van der Waals surface area contributed by atoms with E-state index in [-0.39, 0.29) is 30.0 Å². The first-order chi connectivity index (χ1) is 14.3. The van der Waals surface area contributed by atoms with Crippen molar-refractivity contribution in [1.29, 1.82) is 0 Å². The van der Waals surface area contributed by atoms with Gasteiger partial charge in [0.25, 0.3) is 0 Å². The number of nitrogens with zero attached hydrogens (tertiary/aromatic N) is 4. The Labute approximate surface area is 176 Å². The summed E-state index contributed by atoms with van der Waals surface area (Å²) in [4.78, 5) is 21.8. The number of likely N-dealkylation sites (tertiary alicyclic amines) is 1. The average Bonchev–Trinajstić information content (AvgIpc) is 3.09. The highest BCUT2D eigenvalue weighted by Crippen LogP contribution is 2.41. The molecule has 10 heteroatoms. The number of piperidine rings is 1. The van der Waals surface area contributed by atoms with Gasteiger partial charge in [0.2, 0.25) is 12.0 Å². The predicted molar refractivity (Wildman–Crippen MR) is 105 cm³/mol. The molecule has 3 heterocycles. The lowest BCUT2D eigenvalue weighted by Gasteiger charge is -2.39. The summed E-state index contributed by atoms with van der Waals surface area (Å²) in [7, 11) is 0. The van der Waals surface area contributed by atoms with Gasteiger partial charge in [-0.1, -0.05) is 30.3 Å². The van der Waals surface area contributed by atoms with Gasteiger partial charge in [-0.05, 0) is 18.4 Å². The number of benzene rings is 1. The van der Waals surface area contributed by atoms with Crippen molar-refractivity contribution in [1.82, 2.24) is 4.90 Å². The minimum atomic E-state index is -4.55. The monoisotopic (exact) mass is 439 g/mol. The Kier molecular flexibility index (Phi) is 5.42. The van der Waals surface area contributed by atoms with Crippen LogP contribution in [0, 0.1) is 5.92 Å². The van der Waals surface area contributed by atoms with Gasteiger partial charge in [-0.2, -0.15) is 18.2 Å². The topological polar surface area (TPSA) is 54.3 Å². The zero-order chi connectivity index (χ0) is 21.4. The second kappa shape index (κ2) is 7.88. The van der Waals surface area contributed by atoms with Crippen LogP contribution >= 0.6 is 11.8 Å². The maximum Gasteiger partial charge on any atom is 0.410 e. The highest BCUT2D eigenvalue weighted by atomic mass is 35.5. The van der Waals surface area contributed by atoms with Crippen LogP contribution in [0.1, 0.15) is 18.4 Å². The summed E-state index contributed by atoms with van der Waals surface area (Å²) in [5.41, 5.74) is 1.81. The van der Waals surface area contributed by atoms with Crippen molar-refractivity contribution in [2.45, 2.75) is 31.7 Å². The highest BCUT2D eigenvalue weighted by Gasteiger charge is 2.51. The SMILES string of the molecule is O=C(OCc1ccccc1)N1CC(C2=C3C=NC=C[N+]3(Cl)C=N2)CCC1C(F)(F)F. The Morgan fingerprint density at radius 1 is 1.27 bits per heavy atom. The quantitative estimate of drug-likeness (QED) is 0.638. The van der Waals surface area contributed by atoms with Crippen LogP contribution in [0.25, 0.3) is 0 Å². The molecule has 1 aromatic rings. The number of fused-ring (bicyclic) bond motifs is 1. The maximum atomic E-state index is 13.6. The molecule has 4 rings (SSSR count). The summed E-state index contributed by atoms with van der Waals surface area (Å²) >= 11 is 6.47. The van der Waals surface area contributed by atoms with E-state index < -0.39 is 24.2 Å². The molecule has 3 atom stereocenters. The molecule has 0 saturated carbocycles. The number of hydrogen-bond acceptors (Lipinski definition) is 4. The normalized spacial score (nSPS) is 28.1. The van der Waals surface area contributed by atoms with Crippen LogP contribution in [0.4, 0.5) is 18.0 Å². The minimum absolute atomic E-state index is 0.101. The van der Waals surface area contributed by atoms with Gasteiger partial charge in [0.1, 0.15) is 24.5 Å². The summed E-state index contributed by atoms with van der Waals surface area (Å²) < 4.78 is 45.8. The van der Waals surface area contributed by atoms with Crippen molar-refractivity contribution in [3.05, 3.63) is 59.7 Å². The highest BCUT2D eigenvalue weighted by molar-refractivity contribution is 6.14. The molecule has 3 unspecified atom stereocenters. The van der Waals surface area contributed by atoms with E-state index in [0.29, 0.717) is 17.0 Å². The fourth-order valence-corrected chi connectivity index (χ4v) is 4.05. The molecule has 1 fully saturated rings. The summed E-state index contributed by atoms with van der Waals surface area (Å²) in [6.07, 6.45) is 0.606. The Morgan fingerprint density at radius 2 is 2.03 bits per heavy atom. The van der Waals surface area contributed by atoms with Crippen molar-refractivity contribution >= 4 is 30.4 Å². The molecule has 0 N–H and O–H groups in total. The molecule has 0 bridgehead atoms. The minimum Gasteiger partial charge on any atom is -0.445 e. The number of alkyl halides is 3. The number of hydrogen-bond donors (Lipinski definition) is 0. The molecule has 1 saturated heterocycles. The molecule has 0 radical (unpaired) electrons. The number of carbonyl (C=O) groups excluding carboxylic acids is 1. The second-order valence-electron chi connectivity index (χ2n) is 7.30. The average molecular weight is 440 g/mol. The Balaban J connectivity index is 1.54. The van der Waals surface area contributed by atoms with Crippen molar-refractivity contribution < 1.29 is 26.7 Å². The predicted octanol–water partition coefficient (Wildman–Crippen LogP) is 4.75. The first-order valence-corrected chi connectivity index (χ1v) is 9.75. The lowest BCUT2D eigenvalue weighted by molar-refractivity contribution is -0.592. The summed E-state index contributed by atoms with van der Waals surface area (Å²) in [5, 5.41) is 0. The lowest BCUT2D eigenvalue weighted by atomic mass is 9.89. The summed E-state index contributed by atoms with van der Waals surface area (Å²) in [5.74, 6) is -0.407. The number of allylic oxidation sites excluding steroid dienone is 1. The van der Waals surface area contributed by atoms with Crippen LogP contribution in [0.15, 0.2) is 64.1 Å². The van der Waals surface area contributed by atoms with Gasteiger partial charge in [0.05, 0.1) is 12.4 Å². The summed E-state index contributed by atoms with van der Waals surface area (Å²) in [6.45, 7) is -0.265. The van der Waals surface area contributed by atoms with Gasteiger partial charge in [-0.25, -0.2) is 4.79 Å². The number of quaternary nitrogens is 1. The number of ether oxygens (including phenoxy) is 1. The van der Waals surface area contributed by atoms with Gasteiger partial charge in [0, 0.05) is 12.5 Å². The molecule has 0 aliphatic carbocycles. The van der Waals surface area contributed by atoms with Gasteiger partial charge < -0.3 is 4.74 Å². The number of aliphatic imine (C=N–C) groups is 2. The Morgan fingerprint density at radius 3 is 2.77 bits per heavy atom. The molecule has 1 aromatic carbocycles. The molecule has 158 valence electrons. The number of halogens is 4. The molecule has 3 aliphatic heterocycles. The molecule has 1 amide bonds. The van der Waals surface area contributed by atoms with E-state index in [1.54, 1.807) is 42.7 Å². The third kappa shape index (κ3) is 3.99. The first kappa shape index (κ1) is 20.6. The van der Waals surface area contributed by atoms with Crippen molar-refractivity contribution in [3.63, 3.8) is 0 Å². The standard InChI is InChI=1S/C20H19ClF3N4O2/c21-28-9-8-25-10-16(28)18(26-13-28)15-6-7-17(20(22,23)24)27(11-15)19(29)30-12-14-4-2-1-3-5-14/h1-5,8-10,13,15,17H,6-7,11-12H2/q+1. The van der Waals surface area contributed by atoms with Crippen LogP contribution in [-0.2, 0) is 11.3 Å². The van der Waals surface area contributed by atoms with Crippen molar-refractivity contribution in [2.75, 3.05) is 6.54 Å². The molecule has 30 heavy (non-hydrogen) atoms. The van der Waals surface area contributed by atoms with E-state index in [4.69, 9.17) is 16.5 Å². The van der Waals surface area contributed by atoms with Gasteiger partial charge in [-0.3, -0.25) is 9.89 Å². The number of carbonyl (C=O) groups is 1. The summed E-state index contributed by atoms with van der Waals surface area (Å²) in [6, 6.07) is 6.91. The molecule has 6 nitrogen and oxygen atoms in total. The number of rotatable bonds is 3. The van der Waals surface area contributed by atoms with Crippen LogP contribution in [0.2, 0.25) is 0 Å². The third-order valence-corrected chi connectivity index (χ3v) is 5.73. The van der Waals surface area contributed by atoms with Crippen LogP contribution in [0.3, 0.4) is 0 Å². The van der Waals surface area contributed by atoms with Gasteiger partial charge in [0.15, 0.2) is 11.8 Å². The Bertz CT molecular complexity index is 945. The largest absolute Gasteiger partial charge is 0.445 e. The van der Waals surface area contributed by atoms with Crippen LogP contribution < -0.4 is 0 Å². The molecular formula is C20H19ClF3N4O2+. The zero-order valence-electron chi connectivity index (χ0n) is 15.8. The lowest BCUT2D eigenvalue weighted by Crippen LogP contribution is -2.54. The van der Waals surface area contributed by atoms with E-state index in [9.17, 15) is 18.0 Å².